The molecule has 0 spiro atoms. The quantitative estimate of drug-likeness (QED) is 0.416. The van der Waals surface area contributed by atoms with Gasteiger partial charge in [-0.15, -0.1) is 11.6 Å². The lowest BCUT2D eigenvalue weighted by atomic mass is 10.2. The van der Waals surface area contributed by atoms with Gasteiger partial charge in [-0.2, -0.15) is 0 Å². The number of hydrogen-bond donors (Lipinski definition) is 0. The van der Waals surface area contributed by atoms with E-state index in [9.17, 15) is 0 Å². The molecule has 3 heteroatoms. The molecule has 0 fully saturated rings. The molecule has 14 heavy (non-hydrogen) atoms. The zero-order valence-corrected chi connectivity index (χ0v) is 10.4. The van der Waals surface area contributed by atoms with Gasteiger partial charge in [0.15, 0.2) is 0 Å². The second-order valence-electron chi connectivity index (χ2n) is 3.67. The molecule has 2 nitrogen and oxygen atoms in total. The first kappa shape index (κ1) is 14.2. The Labute approximate surface area is 93.6 Å². The number of hydrogen-bond acceptors (Lipinski definition) is 2. The van der Waals surface area contributed by atoms with E-state index >= 15 is 0 Å². The molecular formula is C11H24ClNO. The summed E-state index contributed by atoms with van der Waals surface area (Å²) in [5.41, 5.74) is 0. The van der Waals surface area contributed by atoms with Crippen LogP contribution in [0.5, 0.6) is 0 Å². The Kier molecular flexibility index (Phi) is 11.5. The second kappa shape index (κ2) is 11.3. The lowest BCUT2D eigenvalue weighted by Gasteiger charge is -2.16. The van der Waals surface area contributed by atoms with Crippen LogP contribution in [-0.4, -0.2) is 44.1 Å². The molecule has 86 valence electrons. The molecule has 0 amide bonds. The van der Waals surface area contributed by atoms with Crippen LogP contribution < -0.4 is 0 Å². The Morgan fingerprint density at radius 3 is 2.50 bits per heavy atom. The average molecular weight is 222 g/mol. The monoisotopic (exact) mass is 221 g/mol. The van der Waals surface area contributed by atoms with Crippen molar-refractivity contribution >= 4 is 11.6 Å². The Balaban J connectivity index is 3.07. The van der Waals surface area contributed by atoms with E-state index in [1.165, 1.54) is 12.8 Å². The van der Waals surface area contributed by atoms with E-state index in [1.54, 1.807) is 0 Å². The minimum atomic E-state index is 0.795. The van der Waals surface area contributed by atoms with E-state index in [-0.39, 0.29) is 0 Å². The third kappa shape index (κ3) is 10.3. The van der Waals surface area contributed by atoms with Gasteiger partial charge in [0.05, 0.1) is 6.61 Å². The Morgan fingerprint density at radius 2 is 1.86 bits per heavy atom. The summed E-state index contributed by atoms with van der Waals surface area (Å²) in [6.07, 6.45) is 4.74. The van der Waals surface area contributed by atoms with E-state index in [4.69, 9.17) is 16.3 Å². The molecule has 0 unspecified atom stereocenters. The largest absolute Gasteiger partial charge is 0.380 e. The molecule has 0 aromatic heterocycles. The lowest BCUT2D eigenvalue weighted by molar-refractivity contribution is 0.111. The van der Waals surface area contributed by atoms with Crippen LogP contribution in [0.2, 0.25) is 0 Å². The summed E-state index contributed by atoms with van der Waals surface area (Å²) in [5, 5.41) is 0. The number of halogens is 1. The SMILES string of the molecule is CCCOCCN(C)CCCCCCl. The third-order valence-corrected chi connectivity index (χ3v) is 2.41. The molecule has 0 bridgehead atoms. The highest BCUT2D eigenvalue weighted by Gasteiger charge is 1.97. The van der Waals surface area contributed by atoms with Gasteiger partial charge >= 0.3 is 0 Å². The van der Waals surface area contributed by atoms with E-state index in [0.29, 0.717) is 0 Å². The molecule has 0 saturated carbocycles. The number of nitrogens with zero attached hydrogens (tertiary/aromatic N) is 1. The fraction of sp³-hybridized carbons (Fsp3) is 1.00. The van der Waals surface area contributed by atoms with Crippen LogP contribution in [-0.2, 0) is 4.74 Å². The van der Waals surface area contributed by atoms with Crippen molar-refractivity contribution in [3.63, 3.8) is 0 Å². The summed E-state index contributed by atoms with van der Waals surface area (Å²) < 4.78 is 5.42. The van der Waals surface area contributed by atoms with E-state index in [2.05, 4.69) is 18.9 Å². The summed E-state index contributed by atoms with van der Waals surface area (Å²) in [6, 6.07) is 0. The molecule has 0 radical (unpaired) electrons. The van der Waals surface area contributed by atoms with Crippen molar-refractivity contribution in [3.8, 4) is 0 Å². The Morgan fingerprint density at radius 1 is 1.07 bits per heavy atom. The highest BCUT2D eigenvalue weighted by Crippen LogP contribution is 1.98. The third-order valence-electron chi connectivity index (χ3n) is 2.14. The number of alkyl halides is 1. The normalized spacial score (nSPS) is 11.1. The van der Waals surface area contributed by atoms with E-state index < -0.39 is 0 Å². The first-order chi connectivity index (χ1) is 6.81. The van der Waals surface area contributed by atoms with Gasteiger partial charge in [-0.05, 0) is 32.9 Å². The number of ether oxygens (including phenoxy) is 1. The second-order valence-corrected chi connectivity index (χ2v) is 4.04. The van der Waals surface area contributed by atoms with Crippen LogP contribution >= 0.6 is 11.6 Å². The summed E-state index contributed by atoms with van der Waals surface area (Å²) in [4.78, 5) is 2.32. The van der Waals surface area contributed by atoms with Gasteiger partial charge in [0.2, 0.25) is 0 Å². The maximum atomic E-state index is 5.60. The number of unbranched alkanes of at least 4 members (excludes halogenated alkanes) is 2. The van der Waals surface area contributed by atoms with Crippen LogP contribution in [0.1, 0.15) is 32.6 Å². The van der Waals surface area contributed by atoms with Gasteiger partial charge in [0, 0.05) is 19.0 Å². The average Bonchev–Trinajstić information content (AvgIpc) is 2.19. The van der Waals surface area contributed by atoms with Gasteiger partial charge in [0.25, 0.3) is 0 Å². The van der Waals surface area contributed by atoms with Gasteiger partial charge in [-0.3, -0.25) is 0 Å². The van der Waals surface area contributed by atoms with E-state index in [1.807, 2.05) is 0 Å². The van der Waals surface area contributed by atoms with Crippen molar-refractivity contribution in [2.24, 2.45) is 0 Å². The maximum Gasteiger partial charge on any atom is 0.0593 e. The highest BCUT2D eigenvalue weighted by molar-refractivity contribution is 6.17. The fourth-order valence-corrected chi connectivity index (χ4v) is 1.42. The zero-order chi connectivity index (χ0) is 10.6. The zero-order valence-electron chi connectivity index (χ0n) is 9.60. The molecule has 0 N–H and O–H groups in total. The van der Waals surface area contributed by atoms with Crippen molar-refractivity contribution < 1.29 is 4.74 Å². The van der Waals surface area contributed by atoms with Crippen molar-refractivity contribution in [3.05, 3.63) is 0 Å². The van der Waals surface area contributed by atoms with Crippen molar-refractivity contribution in [1.29, 1.82) is 0 Å². The summed E-state index contributed by atoms with van der Waals surface area (Å²) in [5.74, 6) is 0.795. The van der Waals surface area contributed by atoms with Crippen molar-refractivity contribution in [1.82, 2.24) is 4.90 Å². The fourth-order valence-electron chi connectivity index (χ4n) is 1.23. The molecule has 0 atom stereocenters. The van der Waals surface area contributed by atoms with E-state index in [0.717, 1.165) is 45.0 Å². The minimum absolute atomic E-state index is 0.795. The van der Waals surface area contributed by atoms with Gasteiger partial charge in [-0.1, -0.05) is 13.3 Å². The van der Waals surface area contributed by atoms with Crippen LogP contribution in [0, 0.1) is 0 Å². The van der Waals surface area contributed by atoms with Crippen molar-refractivity contribution in [2.75, 3.05) is 39.2 Å². The predicted octanol–water partition coefficient (Wildman–Crippen LogP) is 2.75. The van der Waals surface area contributed by atoms with Crippen LogP contribution in [0.25, 0.3) is 0 Å². The molecule has 0 heterocycles. The summed E-state index contributed by atoms with van der Waals surface area (Å²) in [7, 11) is 2.15. The Bertz CT molecular complexity index is 99.5. The predicted molar refractivity (Wildman–Crippen MR) is 63.2 cm³/mol. The summed E-state index contributed by atoms with van der Waals surface area (Å²) >= 11 is 5.60. The molecule has 0 rings (SSSR count). The Hall–Kier alpha value is 0.210. The molecular weight excluding hydrogens is 198 g/mol. The van der Waals surface area contributed by atoms with Gasteiger partial charge < -0.3 is 9.64 Å². The topological polar surface area (TPSA) is 12.5 Å². The maximum absolute atomic E-state index is 5.60. The van der Waals surface area contributed by atoms with Gasteiger partial charge in [0.1, 0.15) is 0 Å². The molecule has 0 aliphatic rings. The van der Waals surface area contributed by atoms with Crippen LogP contribution in [0.4, 0.5) is 0 Å². The smallest absolute Gasteiger partial charge is 0.0593 e. The molecule has 0 saturated heterocycles. The summed E-state index contributed by atoms with van der Waals surface area (Å²) in [6.45, 7) is 6.09. The number of rotatable bonds is 10. The molecule has 0 aromatic rings. The standard InChI is InChI=1S/C11H24ClNO/c1-3-10-14-11-9-13(2)8-6-4-5-7-12/h3-11H2,1-2H3. The molecule has 0 aliphatic carbocycles. The number of likely N-dealkylation sites (N-methyl/N-ethyl adjacent to an activating group) is 1. The molecule has 0 aromatic carbocycles. The molecule has 0 aliphatic heterocycles. The first-order valence-corrected chi connectivity index (χ1v) is 6.17. The highest BCUT2D eigenvalue weighted by atomic mass is 35.5. The first-order valence-electron chi connectivity index (χ1n) is 5.63. The lowest BCUT2D eigenvalue weighted by Crippen LogP contribution is -2.24. The van der Waals surface area contributed by atoms with Gasteiger partial charge in [-0.25, -0.2) is 0 Å². The van der Waals surface area contributed by atoms with Crippen LogP contribution in [0.15, 0.2) is 0 Å². The minimum Gasteiger partial charge on any atom is -0.380 e. The van der Waals surface area contributed by atoms with Crippen molar-refractivity contribution in [2.45, 2.75) is 32.6 Å². The van der Waals surface area contributed by atoms with Crippen LogP contribution in [0.3, 0.4) is 0 Å².